The first-order valence-electron chi connectivity index (χ1n) is 6.55. The van der Waals surface area contributed by atoms with E-state index in [2.05, 4.69) is 25.9 Å². The minimum absolute atomic E-state index is 0.367. The molecule has 5 nitrogen and oxygen atoms in total. The summed E-state index contributed by atoms with van der Waals surface area (Å²) in [4.78, 5) is 8.73. The van der Waals surface area contributed by atoms with Crippen molar-refractivity contribution in [1.82, 2.24) is 14.5 Å². The van der Waals surface area contributed by atoms with E-state index in [1.165, 1.54) is 0 Å². The number of nitrogens with zero attached hydrogens (tertiary/aromatic N) is 3. The average molecular weight is 338 g/mol. The van der Waals surface area contributed by atoms with Gasteiger partial charge in [-0.25, -0.2) is 4.98 Å². The molecule has 0 N–H and O–H groups in total. The number of aromatic nitrogens is 3. The number of halogens is 1. The first-order valence-corrected chi connectivity index (χ1v) is 7.34. The van der Waals surface area contributed by atoms with Gasteiger partial charge in [0.2, 0.25) is 0 Å². The number of hydrogen-bond acceptors (Lipinski definition) is 4. The van der Waals surface area contributed by atoms with E-state index >= 15 is 0 Å². The Bertz CT molecular complexity index is 629. The molecule has 0 aromatic carbocycles. The smallest absolute Gasteiger partial charge is 0.398 e. The Kier molecular flexibility index (Phi) is 3.01. The van der Waals surface area contributed by atoms with Gasteiger partial charge < -0.3 is 13.9 Å². The summed E-state index contributed by atoms with van der Waals surface area (Å²) >= 11 is 3.60. The molecule has 0 amide bonds. The van der Waals surface area contributed by atoms with Crippen molar-refractivity contribution < 1.29 is 9.31 Å². The maximum atomic E-state index is 6.11. The van der Waals surface area contributed by atoms with Gasteiger partial charge in [-0.3, -0.25) is 4.98 Å². The van der Waals surface area contributed by atoms with Crippen molar-refractivity contribution in [2.24, 2.45) is 7.05 Å². The van der Waals surface area contributed by atoms with Crippen molar-refractivity contribution in [3.63, 3.8) is 0 Å². The maximum Gasteiger partial charge on any atom is 0.513 e. The molecule has 0 aliphatic carbocycles. The third-order valence-electron chi connectivity index (χ3n) is 4.27. The van der Waals surface area contributed by atoms with Crippen molar-refractivity contribution in [3.05, 3.63) is 16.9 Å². The molecule has 0 spiro atoms. The topological polar surface area (TPSA) is 49.2 Å². The molecule has 0 unspecified atom stereocenters. The van der Waals surface area contributed by atoms with Crippen LogP contribution in [0.15, 0.2) is 16.9 Å². The summed E-state index contributed by atoms with van der Waals surface area (Å²) in [6.45, 7) is 8.17. The van der Waals surface area contributed by atoms with Crippen molar-refractivity contribution in [1.29, 1.82) is 0 Å². The molecule has 2 aromatic rings. The molecule has 20 heavy (non-hydrogen) atoms. The van der Waals surface area contributed by atoms with Gasteiger partial charge in [0.05, 0.1) is 21.3 Å². The maximum absolute atomic E-state index is 6.11. The zero-order chi connectivity index (χ0) is 14.7. The monoisotopic (exact) mass is 337 g/mol. The van der Waals surface area contributed by atoms with E-state index in [-0.39, 0.29) is 11.2 Å². The highest BCUT2D eigenvalue weighted by atomic mass is 79.9. The minimum Gasteiger partial charge on any atom is -0.398 e. The molecule has 1 fully saturated rings. The van der Waals surface area contributed by atoms with Gasteiger partial charge in [-0.2, -0.15) is 0 Å². The predicted molar refractivity (Wildman–Crippen MR) is 81.9 cm³/mol. The highest BCUT2D eigenvalue weighted by molar-refractivity contribution is 9.10. The average Bonchev–Trinajstić information content (AvgIpc) is 2.72. The molecule has 0 radical (unpaired) electrons. The van der Waals surface area contributed by atoms with Gasteiger partial charge in [0.1, 0.15) is 5.52 Å². The van der Waals surface area contributed by atoms with E-state index < -0.39 is 7.12 Å². The van der Waals surface area contributed by atoms with Crippen LogP contribution in [0, 0.1) is 0 Å². The second kappa shape index (κ2) is 4.29. The summed E-state index contributed by atoms with van der Waals surface area (Å²) in [5.41, 5.74) is 1.80. The molecule has 3 rings (SSSR count). The summed E-state index contributed by atoms with van der Waals surface area (Å²) in [5, 5.41) is 0. The fourth-order valence-electron chi connectivity index (χ4n) is 2.33. The zero-order valence-electron chi connectivity index (χ0n) is 12.3. The van der Waals surface area contributed by atoms with Crippen LogP contribution in [0.5, 0.6) is 0 Å². The molecule has 0 saturated carbocycles. The van der Waals surface area contributed by atoms with E-state index in [1.807, 2.05) is 39.3 Å². The van der Waals surface area contributed by atoms with Crippen LogP contribution in [0.25, 0.3) is 11.2 Å². The molecule has 3 heterocycles. The van der Waals surface area contributed by atoms with Gasteiger partial charge in [-0.15, -0.1) is 0 Å². The number of hydrogen-bond donors (Lipinski definition) is 0. The van der Waals surface area contributed by atoms with Crippen LogP contribution in [0.3, 0.4) is 0 Å². The number of rotatable bonds is 1. The molecule has 0 atom stereocenters. The third-order valence-corrected chi connectivity index (χ3v) is 5.05. The molecule has 0 bridgehead atoms. The van der Waals surface area contributed by atoms with E-state index in [4.69, 9.17) is 9.31 Å². The van der Waals surface area contributed by atoms with Gasteiger partial charge in [-0.1, -0.05) is 0 Å². The van der Waals surface area contributed by atoms with Crippen LogP contribution in [-0.2, 0) is 16.4 Å². The van der Waals surface area contributed by atoms with Gasteiger partial charge in [0.15, 0.2) is 5.65 Å². The van der Waals surface area contributed by atoms with Gasteiger partial charge >= 0.3 is 7.12 Å². The van der Waals surface area contributed by atoms with Crippen LogP contribution in [0.2, 0.25) is 0 Å². The first kappa shape index (κ1) is 14.0. The van der Waals surface area contributed by atoms with Crippen LogP contribution < -0.4 is 5.59 Å². The van der Waals surface area contributed by atoms with E-state index in [0.29, 0.717) is 0 Å². The molecule has 1 aliphatic heterocycles. The quantitative estimate of drug-likeness (QED) is 0.747. The third kappa shape index (κ3) is 1.83. The Morgan fingerprint density at radius 1 is 1.10 bits per heavy atom. The van der Waals surface area contributed by atoms with Crippen molar-refractivity contribution in [2.75, 3.05) is 0 Å². The highest BCUT2D eigenvalue weighted by Gasteiger charge is 2.53. The lowest BCUT2D eigenvalue weighted by Crippen LogP contribution is -2.41. The first-order chi connectivity index (χ1) is 9.24. The van der Waals surface area contributed by atoms with Crippen molar-refractivity contribution in [3.8, 4) is 0 Å². The largest absolute Gasteiger partial charge is 0.513 e. The van der Waals surface area contributed by atoms with E-state index in [9.17, 15) is 0 Å². The summed E-state index contributed by atoms with van der Waals surface area (Å²) in [6, 6.07) is 0. The highest BCUT2D eigenvalue weighted by Crippen LogP contribution is 2.37. The fraction of sp³-hybridized carbons (Fsp3) is 0.538. The molecule has 1 aliphatic rings. The van der Waals surface area contributed by atoms with Gasteiger partial charge in [-0.05, 0) is 43.6 Å². The van der Waals surface area contributed by atoms with Crippen molar-refractivity contribution >= 4 is 39.8 Å². The van der Waals surface area contributed by atoms with E-state index in [1.54, 1.807) is 12.4 Å². The molecule has 7 heteroatoms. The Balaban J connectivity index is 2.13. The van der Waals surface area contributed by atoms with Crippen LogP contribution in [0.1, 0.15) is 27.7 Å². The summed E-state index contributed by atoms with van der Waals surface area (Å²) in [5.74, 6) is 0. The van der Waals surface area contributed by atoms with Crippen LogP contribution >= 0.6 is 15.9 Å². The molecular weight excluding hydrogens is 321 g/mol. The lowest BCUT2D eigenvalue weighted by atomic mass is 9.84. The standard InChI is InChI=1S/C13H17BBrN3O2/c1-12(2)13(3,4)20-14(19-12)10-8(15)9-11(18(10)5)17-7-6-16-9/h6-7H,1-5H3. The summed E-state index contributed by atoms with van der Waals surface area (Å²) in [6.07, 6.45) is 3.36. The summed E-state index contributed by atoms with van der Waals surface area (Å²) < 4.78 is 15.1. The van der Waals surface area contributed by atoms with Crippen LogP contribution in [0.4, 0.5) is 0 Å². The second-order valence-corrected chi connectivity index (χ2v) is 6.87. The molecular formula is C13H17BBrN3O2. The van der Waals surface area contributed by atoms with Gasteiger partial charge in [0.25, 0.3) is 0 Å². The number of fused-ring (bicyclic) bond motifs is 1. The molecule has 1 saturated heterocycles. The fourth-order valence-corrected chi connectivity index (χ4v) is 3.06. The van der Waals surface area contributed by atoms with Crippen molar-refractivity contribution in [2.45, 2.75) is 38.9 Å². The predicted octanol–water partition coefficient (Wildman–Crippen LogP) is 2.03. The number of aryl methyl sites for hydroxylation is 1. The Hall–Kier alpha value is -0.915. The van der Waals surface area contributed by atoms with E-state index in [0.717, 1.165) is 21.2 Å². The SMILES string of the molecule is Cn1c(B2OC(C)(C)C(C)(C)O2)c(Br)c2nccnc21. The lowest BCUT2D eigenvalue weighted by molar-refractivity contribution is 0.00578. The molecule has 106 valence electrons. The molecule has 2 aromatic heterocycles. The van der Waals surface area contributed by atoms with Gasteiger partial charge in [0, 0.05) is 19.4 Å². The zero-order valence-corrected chi connectivity index (χ0v) is 13.9. The minimum atomic E-state index is -0.435. The van der Waals surface area contributed by atoms with Crippen LogP contribution in [-0.4, -0.2) is 32.9 Å². The second-order valence-electron chi connectivity index (χ2n) is 6.08. The Morgan fingerprint density at radius 2 is 1.65 bits per heavy atom. The lowest BCUT2D eigenvalue weighted by Gasteiger charge is -2.32. The Labute approximate surface area is 127 Å². The Morgan fingerprint density at radius 3 is 2.20 bits per heavy atom. The normalized spacial score (nSPS) is 20.8. The summed E-state index contributed by atoms with van der Waals surface area (Å²) in [7, 11) is 1.51.